The number of benzene rings is 1. The van der Waals surface area contributed by atoms with E-state index in [0.717, 1.165) is 18.4 Å². The van der Waals surface area contributed by atoms with E-state index >= 15 is 0 Å². The van der Waals surface area contributed by atoms with Crippen molar-refractivity contribution in [1.82, 2.24) is 0 Å². The lowest BCUT2D eigenvalue weighted by atomic mass is 9.76. The first-order valence-electron chi connectivity index (χ1n) is 7.29. The van der Waals surface area contributed by atoms with E-state index in [1.165, 1.54) is 12.8 Å². The summed E-state index contributed by atoms with van der Waals surface area (Å²) in [6.07, 6.45) is 4.93. The first-order valence-corrected chi connectivity index (χ1v) is 7.67. The molecule has 1 aromatic carbocycles. The number of rotatable bonds is 4. The monoisotopic (exact) mass is 310 g/mol. The topological polar surface area (TPSA) is 67.8 Å². The molecule has 0 aromatic heterocycles. The highest BCUT2D eigenvalue weighted by Crippen LogP contribution is 2.36. The summed E-state index contributed by atoms with van der Waals surface area (Å²) in [7, 11) is 0. The number of hydrogen-bond donors (Lipinski definition) is 2. The summed E-state index contributed by atoms with van der Waals surface area (Å²) in [5.74, 6) is 0.0545. The zero-order valence-corrected chi connectivity index (χ0v) is 13.4. The van der Waals surface area contributed by atoms with Crippen molar-refractivity contribution in [3.05, 3.63) is 34.3 Å². The van der Waals surface area contributed by atoms with Gasteiger partial charge in [0.1, 0.15) is 0 Å². The van der Waals surface area contributed by atoms with Crippen LogP contribution < -0.4 is 5.73 Å². The third-order valence-electron chi connectivity index (χ3n) is 4.22. The van der Waals surface area contributed by atoms with Gasteiger partial charge in [0.25, 0.3) is 0 Å². The first-order chi connectivity index (χ1) is 9.91. The number of nitrogens with zero attached hydrogens (tertiary/aromatic N) is 1. The number of halogens is 1. The van der Waals surface area contributed by atoms with Crippen LogP contribution in [-0.2, 0) is 11.3 Å². The fourth-order valence-corrected chi connectivity index (χ4v) is 2.86. The zero-order chi connectivity index (χ0) is 15.5. The van der Waals surface area contributed by atoms with Crippen LogP contribution in [0.5, 0.6) is 0 Å². The molecule has 0 spiro atoms. The minimum absolute atomic E-state index is 0.0545. The lowest BCUT2D eigenvalue weighted by molar-refractivity contribution is -0.00555. The van der Waals surface area contributed by atoms with E-state index in [0.29, 0.717) is 28.7 Å². The predicted molar refractivity (Wildman–Crippen MR) is 84.8 cm³/mol. The molecule has 5 heteroatoms. The molecular formula is C16H23ClN2O2. The molecule has 0 radical (unpaired) electrons. The Morgan fingerprint density at radius 1 is 1.43 bits per heavy atom. The van der Waals surface area contributed by atoms with E-state index < -0.39 is 0 Å². The summed E-state index contributed by atoms with van der Waals surface area (Å²) >= 11 is 6.22. The number of oxime groups is 1. The average Bonchev–Trinajstić information content (AvgIpc) is 2.46. The minimum atomic E-state index is 0.0545. The highest BCUT2D eigenvalue weighted by Gasteiger charge is 2.27. The Hall–Kier alpha value is -1.26. The van der Waals surface area contributed by atoms with Crippen molar-refractivity contribution in [2.45, 2.75) is 52.2 Å². The third-order valence-corrected chi connectivity index (χ3v) is 4.57. The molecule has 0 saturated heterocycles. The van der Waals surface area contributed by atoms with Gasteiger partial charge in [0.05, 0.1) is 12.7 Å². The number of amidine groups is 1. The van der Waals surface area contributed by atoms with Crippen molar-refractivity contribution < 1.29 is 9.94 Å². The van der Waals surface area contributed by atoms with Crippen LogP contribution in [0.25, 0.3) is 0 Å². The van der Waals surface area contributed by atoms with Crippen LogP contribution in [0.3, 0.4) is 0 Å². The molecule has 4 nitrogen and oxygen atoms in total. The van der Waals surface area contributed by atoms with Gasteiger partial charge >= 0.3 is 0 Å². The van der Waals surface area contributed by atoms with Gasteiger partial charge in [-0.15, -0.1) is 0 Å². The molecule has 0 heterocycles. The van der Waals surface area contributed by atoms with E-state index in [-0.39, 0.29) is 5.84 Å². The highest BCUT2D eigenvalue weighted by molar-refractivity contribution is 6.31. The molecular weight excluding hydrogens is 288 g/mol. The van der Waals surface area contributed by atoms with Crippen molar-refractivity contribution in [1.29, 1.82) is 0 Å². The molecule has 1 fully saturated rings. The van der Waals surface area contributed by atoms with E-state index in [9.17, 15) is 0 Å². The van der Waals surface area contributed by atoms with Crippen LogP contribution >= 0.6 is 11.6 Å². The van der Waals surface area contributed by atoms with Crippen LogP contribution in [0.2, 0.25) is 5.02 Å². The summed E-state index contributed by atoms with van der Waals surface area (Å²) in [6.45, 7) is 5.12. The third kappa shape index (κ3) is 4.35. The number of ether oxygens (including phenoxy) is 1. The summed E-state index contributed by atoms with van der Waals surface area (Å²) in [4.78, 5) is 0. The summed E-state index contributed by atoms with van der Waals surface area (Å²) in [5.41, 5.74) is 7.51. The Bertz CT molecular complexity index is 519. The van der Waals surface area contributed by atoms with Gasteiger partial charge < -0.3 is 15.7 Å². The lowest BCUT2D eigenvalue weighted by Gasteiger charge is -2.34. The lowest BCUT2D eigenvalue weighted by Crippen LogP contribution is -2.26. The number of nitrogens with two attached hydrogens (primary N) is 1. The second kappa shape index (κ2) is 6.67. The molecule has 116 valence electrons. The predicted octanol–water partition coefficient (Wildman–Crippen LogP) is 3.92. The van der Waals surface area contributed by atoms with Gasteiger partial charge in [-0.25, -0.2) is 0 Å². The van der Waals surface area contributed by atoms with Crippen LogP contribution in [-0.4, -0.2) is 17.1 Å². The maximum Gasteiger partial charge on any atom is 0.170 e. The molecule has 0 bridgehead atoms. The fraction of sp³-hybridized carbons (Fsp3) is 0.562. The van der Waals surface area contributed by atoms with Gasteiger partial charge in [0, 0.05) is 10.6 Å². The average molecular weight is 311 g/mol. The van der Waals surface area contributed by atoms with Crippen molar-refractivity contribution >= 4 is 17.4 Å². The standard InChI is InChI=1S/C16H23ClN2O2/c1-16(2)7-5-13(6-8-16)21-10-12-4-3-11(9-14(12)17)15(18)19-20/h3-4,9,13,20H,5-8,10H2,1-2H3,(H2,18,19). The Kier molecular flexibility index (Phi) is 5.12. The van der Waals surface area contributed by atoms with Crippen LogP contribution in [0.15, 0.2) is 23.4 Å². The highest BCUT2D eigenvalue weighted by atomic mass is 35.5. The Morgan fingerprint density at radius 2 is 2.10 bits per heavy atom. The molecule has 1 saturated carbocycles. The van der Waals surface area contributed by atoms with Gasteiger partial charge in [-0.05, 0) is 42.7 Å². The van der Waals surface area contributed by atoms with E-state index in [1.54, 1.807) is 12.1 Å². The van der Waals surface area contributed by atoms with Crippen molar-refractivity contribution in [3.63, 3.8) is 0 Å². The first kappa shape index (κ1) is 16.1. The van der Waals surface area contributed by atoms with Gasteiger partial charge in [-0.2, -0.15) is 0 Å². The molecule has 1 aromatic rings. The molecule has 0 atom stereocenters. The quantitative estimate of drug-likeness (QED) is 0.383. The van der Waals surface area contributed by atoms with E-state index in [2.05, 4.69) is 19.0 Å². The van der Waals surface area contributed by atoms with Crippen LogP contribution in [0.1, 0.15) is 50.7 Å². The smallest absolute Gasteiger partial charge is 0.170 e. The molecule has 2 rings (SSSR count). The van der Waals surface area contributed by atoms with Gasteiger partial charge in [-0.3, -0.25) is 0 Å². The second-order valence-corrected chi connectivity index (χ2v) is 6.87. The Balaban J connectivity index is 1.92. The van der Waals surface area contributed by atoms with E-state index in [4.69, 9.17) is 27.3 Å². The van der Waals surface area contributed by atoms with Crippen molar-refractivity contribution in [3.8, 4) is 0 Å². The molecule has 21 heavy (non-hydrogen) atoms. The normalized spacial score (nSPS) is 19.7. The van der Waals surface area contributed by atoms with Crippen LogP contribution in [0.4, 0.5) is 0 Å². The SMILES string of the molecule is CC1(C)CCC(OCc2ccc(/C(N)=N/O)cc2Cl)CC1. The largest absolute Gasteiger partial charge is 0.409 e. The second-order valence-electron chi connectivity index (χ2n) is 6.47. The molecule has 0 amide bonds. The summed E-state index contributed by atoms with van der Waals surface area (Å²) in [5, 5.41) is 12.2. The maximum absolute atomic E-state index is 8.66. The fourth-order valence-electron chi connectivity index (χ4n) is 2.63. The Morgan fingerprint density at radius 3 is 2.67 bits per heavy atom. The molecule has 0 unspecified atom stereocenters. The van der Waals surface area contributed by atoms with E-state index in [1.807, 2.05) is 6.07 Å². The molecule has 0 aliphatic heterocycles. The summed E-state index contributed by atoms with van der Waals surface area (Å²) < 4.78 is 5.97. The van der Waals surface area contributed by atoms with Gasteiger partial charge in [-0.1, -0.05) is 42.7 Å². The number of hydrogen-bond acceptors (Lipinski definition) is 3. The maximum atomic E-state index is 8.66. The molecule has 1 aliphatic rings. The van der Waals surface area contributed by atoms with Crippen LogP contribution in [0, 0.1) is 5.41 Å². The Labute approximate surface area is 130 Å². The zero-order valence-electron chi connectivity index (χ0n) is 12.6. The molecule has 1 aliphatic carbocycles. The minimum Gasteiger partial charge on any atom is -0.409 e. The van der Waals surface area contributed by atoms with Crippen molar-refractivity contribution in [2.24, 2.45) is 16.3 Å². The summed E-state index contributed by atoms with van der Waals surface area (Å²) in [6, 6.07) is 5.34. The van der Waals surface area contributed by atoms with Gasteiger partial charge in [0.2, 0.25) is 0 Å². The van der Waals surface area contributed by atoms with Gasteiger partial charge in [0.15, 0.2) is 5.84 Å². The molecule has 3 N–H and O–H groups in total. The van der Waals surface area contributed by atoms with Crippen molar-refractivity contribution in [2.75, 3.05) is 0 Å².